The van der Waals surface area contributed by atoms with Crippen LogP contribution in [0.5, 0.6) is 17.2 Å². The van der Waals surface area contributed by atoms with Gasteiger partial charge in [0.25, 0.3) is 0 Å². The zero-order chi connectivity index (χ0) is 26.5. The lowest BCUT2D eigenvalue weighted by Crippen LogP contribution is -2.46. The van der Waals surface area contributed by atoms with Gasteiger partial charge in [0.2, 0.25) is 5.60 Å². The fraction of sp³-hybridized carbons (Fsp3) is 0.355. The lowest BCUT2D eigenvalue weighted by atomic mass is 9.89. The normalized spacial score (nSPS) is 16.6. The number of benzene rings is 3. The highest BCUT2D eigenvalue weighted by Gasteiger charge is 2.42. The van der Waals surface area contributed by atoms with E-state index in [2.05, 4.69) is 18.1 Å². The van der Waals surface area contributed by atoms with Crippen LogP contribution in [0.3, 0.4) is 0 Å². The first-order valence-corrected chi connectivity index (χ1v) is 13.3. The van der Waals surface area contributed by atoms with Crippen molar-refractivity contribution in [2.45, 2.75) is 58.0 Å². The summed E-state index contributed by atoms with van der Waals surface area (Å²) in [6, 6.07) is 19.7. The minimum Gasteiger partial charge on any atom is -0.493 e. The lowest BCUT2D eigenvalue weighted by Gasteiger charge is -2.34. The average molecular weight is 516 g/mol. The number of hydrogen-bond donors (Lipinski definition) is 1. The quantitative estimate of drug-likeness (QED) is 0.218. The van der Waals surface area contributed by atoms with Crippen LogP contribution in [0, 0.1) is 0 Å². The zero-order valence-electron chi connectivity index (χ0n) is 21.9. The Hall–Kier alpha value is -4.00. The third kappa shape index (κ3) is 5.19. The van der Waals surface area contributed by atoms with Gasteiger partial charge in [-0.15, -0.1) is 0 Å². The first-order chi connectivity index (χ1) is 18.5. The predicted octanol–water partition coefficient (Wildman–Crippen LogP) is 6.85. The summed E-state index contributed by atoms with van der Waals surface area (Å²) in [6.07, 6.45) is 4.17. The Labute approximate surface area is 222 Å². The second-order valence-electron chi connectivity index (χ2n) is 9.68. The maximum absolute atomic E-state index is 11.8. The summed E-state index contributed by atoms with van der Waals surface area (Å²) in [7, 11) is 0. The number of aliphatic carboxylic acids is 1. The molecule has 7 nitrogen and oxygen atoms in total. The summed E-state index contributed by atoms with van der Waals surface area (Å²) in [5, 5.41) is 14.8. The molecule has 38 heavy (non-hydrogen) atoms. The van der Waals surface area contributed by atoms with Gasteiger partial charge in [-0.1, -0.05) is 43.6 Å². The molecule has 0 saturated carbocycles. The van der Waals surface area contributed by atoms with Crippen LogP contribution in [0.1, 0.15) is 50.7 Å². The van der Waals surface area contributed by atoms with Crippen LogP contribution >= 0.6 is 0 Å². The Morgan fingerprint density at radius 2 is 1.89 bits per heavy atom. The second kappa shape index (κ2) is 11.2. The molecule has 1 aliphatic rings. The number of carboxylic acid groups (broad SMARTS) is 1. The van der Waals surface area contributed by atoms with E-state index in [9.17, 15) is 9.90 Å². The fourth-order valence-corrected chi connectivity index (χ4v) is 4.93. The van der Waals surface area contributed by atoms with Crippen molar-refractivity contribution in [2.24, 2.45) is 0 Å². The van der Waals surface area contributed by atoms with Crippen LogP contribution in [0.15, 0.2) is 65.2 Å². The summed E-state index contributed by atoms with van der Waals surface area (Å²) < 4.78 is 23.6. The summed E-state index contributed by atoms with van der Waals surface area (Å²) >= 11 is 0. The number of fused-ring (bicyclic) bond motifs is 2. The van der Waals surface area contributed by atoms with E-state index in [1.807, 2.05) is 55.5 Å². The number of nitrogens with zero attached hydrogens (tertiary/aromatic N) is 1. The van der Waals surface area contributed by atoms with Crippen molar-refractivity contribution in [3.8, 4) is 28.6 Å². The zero-order valence-corrected chi connectivity index (χ0v) is 21.9. The molecule has 0 bridgehead atoms. The molecule has 198 valence electrons. The molecule has 0 spiro atoms. The molecular formula is C31H33NO6. The smallest absolute Gasteiger partial charge is 0.348 e. The third-order valence-corrected chi connectivity index (χ3v) is 7.14. The van der Waals surface area contributed by atoms with Gasteiger partial charge in [-0.2, -0.15) is 0 Å². The second-order valence-corrected chi connectivity index (χ2v) is 9.68. The van der Waals surface area contributed by atoms with E-state index >= 15 is 0 Å². The minimum atomic E-state index is -1.16. The third-order valence-electron chi connectivity index (χ3n) is 7.14. The molecule has 1 aliphatic heterocycles. The van der Waals surface area contributed by atoms with Gasteiger partial charge in [0, 0.05) is 29.9 Å². The van der Waals surface area contributed by atoms with Gasteiger partial charge in [-0.3, -0.25) is 0 Å². The van der Waals surface area contributed by atoms with Crippen molar-refractivity contribution in [1.82, 2.24) is 5.16 Å². The topological polar surface area (TPSA) is 91.0 Å². The van der Waals surface area contributed by atoms with Crippen LogP contribution in [-0.4, -0.2) is 35.0 Å². The van der Waals surface area contributed by atoms with E-state index in [-0.39, 0.29) is 0 Å². The van der Waals surface area contributed by atoms with E-state index < -0.39 is 11.6 Å². The molecule has 0 saturated heterocycles. The molecule has 1 atom stereocenters. The first-order valence-electron chi connectivity index (χ1n) is 13.3. The van der Waals surface area contributed by atoms with Crippen LogP contribution in [0.2, 0.25) is 0 Å². The van der Waals surface area contributed by atoms with Gasteiger partial charge in [-0.25, -0.2) is 4.79 Å². The molecular weight excluding hydrogens is 482 g/mol. The molecule has 5 rings (SSSR count). The minimum absolute atomic E-state index is 0.417. The predicted molar refractivity (Wildman–Crippen MR) is 145 cm³/mol. The van der Waals surface area contributed by atoms with Crippen molar-refractivity contribution in [1.29, 1.82) is 0 Å². The number of aryl methyl sites for hydroxylation is 2. The van der Waals surface area contributed by atoms with Crippen LogP contribution in [0.25, 0.3) is 22.2 Å². The summed E-state index contributed by atoms with van der Waals surface area (Å²) in [5.74, 6) is 1.98. The van der Waals surface area contributed by atoms with Gasteiger partial charge in [0.15, 0.2) is 5.76 Å². The molecule has 1 N–H and O–H groups in total. The van der Waals surface area contributed by atoms with Crippen LogP contribution in [0.4, 0.5) is 0 Å². The molecule has 2 heterocycles. The van der Waals surface area contributed by atoms with Gasteiger partial charge < -0.3 is 23.8 Å². The number of carbonyl (C=O) groups is 1. The molecule has 7 heteroatoms. The fourth-order valence-electron chi connectivity index (χ4n) is 4.93. The molecule has 0 radical (unpaired) electrons. The van der Waals surface area contributed by atoms with E-state index in [1.54, 1.807) is 6.07 Å². The van der Waals surface area contributed by atoms with E-state index in [0.29, 0.717) is 50.4 Å². The SMILES string of the molecule is CCCc1cc(-c2onc3ccccc23)ccc1OCCCOc1ccc2c(c1)OC(CC)(C(=O)O)CC2. The van der Waals surface area contributed by atoms with Gasteiger partial charge >= 0.3 is 5.97 Å². The van der Waals surface area contributed by atoms with Crippen molar-refractivity contribution in [2.75, 3.05) is 13.2 Å². The molecule has 0 amide bonds. The molecule has 0 aliphatic carbocycles. The Morgan fingerprint density at radius 1 is 1.05 bits per heavy atom. The van der Waals surface area contributed by atoms with Gasteiger partial charge in [-0.05, 0) is 66.8 Å². The lowest BCUT2D eigenvalue weighted by molar-refractivity contribution is -0.157. The highest BCUT2D eigenvalue weighted by Crippen LogP contribution is 2.38. The molecule has 0 fully saturated rings. The largest absolute Gasteiger partial charge is 0.493 e. The molecule has 1 unspecified atom stereocenters. The summed E-state index contributed by atoms with van der Waals surface area (Å²) in [6.45, 7) is 4.98. The van der Waals surface area contributed by atoms with Crippen molar-refractivity contribution < 1.29 is 28.6 Å². The number of hydrogen-bond acceptors (Lipinski definition) is 6. The van der Waals surface area contributed by atoms with Crippen molar-refractivity contribution in [3.63, 3.8) is 0 Å². The Kier molecular flexibility index (Phi) is 7.54. The highest BCUT2D eigenvalue weighted by molar-refractivity contribution is 5.91. The molecule has 4 aromatic rings. The highest BCUT2D eigenvalue weighted by atomic mass is 16.5. The number of aromatic nitrogens is 1. The standard InChI is InChI=1S/C31H33NO6/c1-3-8-22-19-23(29-25-9-5-6-10-26(25)32-38-29)12-14-27(22)36-18-7-17-35-24-13-11-21-15-16-31(4-2,30(33)34)37-28(21)20-24/h5-6,9-14,19-20H,3-4,7-8,15-18H2,1-2H3,(H,33,34). The monoisotopic (exact) mass is 515 g/mol. The summed E-state index contributed by atoms with van der Waals surface area (Å²) in [4.78, 5) is 11.8. The average Bonchev–Trinajstić information content (AvgIpc) is 3.37. The molecule has 3 aromatic carbocycles. The number of rotatable bonds is 11. The molecule has 1 aromatic heterocycles. The van der Waals surface area contributed by atoms with Gasteiger partial charge in [0.05, 0.1) is 13.2 Å². The van der Waals surface area contributed by atoms with Crippen molar-refractivity contribution in [3.05, 3.63) is 71.8 Å². The van der Waals surface area contributed by atoms with Crippen LogP contribution < -0.4 is 14.2 Å². The van der Waals surface area contributed by atoms with E-state index in [1.165, 1.54) is 0 Å². The first kappa shape index (κ1) is 25.6. The summed E-state index contributed by atoms with van der Waals surface area (Å²) in [5.41, 5.74) is 2.82. The Morgan fingerprint density at radius 3 is 2.71 bits per heavy atom. The van der Waals surface area contributed by atoms with E-state index in [4.69, 9.17) is 18.7 Å². The number of ether oxygens (including phenoxy) is 3. The number of carboxylic acids is 1. The maximum atomic E-state index is 11.8. The van der Waals surface area contributed by atoms with Gasteiger partial charge in [0.1, 0.15) is 22.8 Å². The van der Waals surface area contributed by atoms with E-state index in [0.717, 1.165) is 51.9 Å². The van der Waals surface area contributed by atoms with Crippen LogP contribution in [-0.2, 0) is 17.6 Å². The maximum Gasteiger partial charge on any atom is 0.348 e. The Balaban J connectivity index is 1.18. The van der Waals surface area contributed by atoms with Crippen molar-refractivity contribution >= 4 is 16.9 Å². The Bertz CT molecular complexity index is 1430.